The van der Waals surface area contributed by atoms with E-state index in [-0.39, 0.29) is 23.0 Å². The monoisotopic (exact) mass is 302 g/mol. The van der Waals surface area contributed by atoms with Gasteiger partial charge in [-0.15, -0.1) is 0 Å². The van der Waals surface area contributed by atoms with E-state index in [0.29, 0.717) is 6.42 Å². The van der Waals surface area contributed by atoms with Crippen molar-refractivity contribution in [3.63, 3.8) is 0 Å². The van der Waals surface area contributed by atoms with Crippen molar-refractivity contribution < 1.29 is 17.6 Å². The van der Waals surface area contributed by atoms with Crippen molar-refractivity contribution >= 4 is 27.1 Å². The number of anilines is 2. The summed E-state index contributed by atoms with van der Waals surface area (Å²) in [6.07, 6.45) is 0.513. The Balaban J connectivity index is 2.61. The van der Waals surface area contributed by atoms with E-state index in [1.165, 1.54) is 12.1 Å². The maximum atomic E-state index is 12.9. The lowest BCUT2D eigenvalue weighted by molar-refractivity contribution is -0.113. The van der Waals surface area contributed by atoms with Crippen LogP contribution >= 0.6 is 0 Å². The molecule has 20 heavy (non-hydrogen) atoms. The molecule has 0 radical (unpaired) electrons. The molecular formula is C13H19FN2O3S. The van der Waals surface area contributed by atoms with Crippen molar-refractivity contribution in [2.75, 3.05) is 22.6 Å². The second-order valence-electron chi connectivity index (χ2n) is 5.06. The number of carbonyl (C=O) groups excluding carboxylic acids is 1. The van der Waals surface area contributed by atoms with Crippen LogP contribution in [0.15, 0.2) is 18.2 Å². The fraction of sp³-hybridized carbons (Fsp3) is 0.462. The first kappa shape index (κ1) is 16.4. The summed E-state index contributed by atoms with van der Waals surface area (Å²) in [6.45, 7) is 3.83. The summed E-state index contributed by atoms with van der Waals surface area (Å²) in [5.74, 6) is -1.60. The highest BCUT2D eigenvalue weighted by Crippen LogP contribution is 2.16. The molecule has 7 heteroatoms. The van der Waals surface area contributed by atoms with Crippen LogP contribution in [0.3, 0.4) is 0 Å². The van der Waals surface area contributed by atoms with Crippen molar-refractivity contribution in [3.05, 3.63) is 24.0 Å². The molecule has 1 rings (SSSR count). The van der Waals surface area contributed by atoms with Crippen molar-refractivity contribution in [1.82, 2.24) is 0 Å². The molecule has 3 N–H and O–H groups in total. The summed E-state index contributed by atoms with van der Waals surface area (Å²) in [6, 6.07) is 3.68. The number of hydrogen-bond acceptors (Lipinski definition) is 4. The van der Waals surface area contributed by atoms with E-state index in [2.05, 4.69) is 5.32 Å². The highest BCUT2D eigenvalue weighted by atomic mass is 32.2. The van der Waals surface area contributed by atoms with Crippen molar-refractivity contribution in [1.29, 1.82) is 0 Å². The summed E-state index contributed by atoms with van der Waals surface area (Å²) in [4.78, 5) is 11.6. The number of rotatable bonds is 6. The lowest BCUT2D eigenvalue weighted by atomic mass is 10.2. The third kappa shape index (κ3) is 5.56. The average Bonchev–Trinajstić information content (AvgIpc) is 2.31. The van der Waals surface area contributed by atoms with Gasteiger partial charge in [-0.25, -0.2) is 12.8 Å². The van der Waals surface area contributed by atoms with E-state index in [9.17, 15) is 17.6 Å². The number of hydrogen-bond donors (Lipinski definition) is 2. The molecule has 0 bridgehead atoms. The van der Waals surface area contributed by atoms with Crippen molar-refractivity contribution in [2.45, 2.75) is 20.3 Å². The number of nitrogens with one attached hydrogen (secondary N) is 1. The van der Waals surface area contributed by atoms with E-state index in [1.807, 2.05) is 13.8 Å². The standard InChI is InChI=1S/C13H19FN2O3S/c1-9(2)5-6-20(18,19)8-13(17)16-10-3-4-11(14)12(15)7-10/h3-4,7,9H,5-6,8,15H2,1-2H3,(H,16,17). The minimum absolute atomic E-state index is 0.0242. The summed E-state index contributed by atoms with van der Waals surface area (Å²) in [5.41, 5.74) is 5.53. The van der Waals surface area contributed by atoms with Crippen LogP contribution in [0.5, 0.6) is 0 Å². The normalized spacial score (nSPS) is 11.6. The third-order valence-corrected chi connectivity index (χ3v) is 4.20. The number of nitrogen functional groups attached to an aromatic ring is 1. The van der Waals surface area contributed by atoms with Gasteiger partial charge in [-0.3, -0.25) is 4.79 Å². The van der Waals surface area contributed by atoms with Gasteiger partial charge in [0, 0.05) is 5.69 Å². The van der Waals surface area contributed by atoms with Crippen LogP contribution in [-0.4, -0.2) is 25.8 Å². The molecule has 0 unspecified atom stereocenters. The molecule has 1 amide bonds. The van der Waals surface area contributed by atoms with Gasteiger partial charge >= 0.3 is 0 Å². The predicted molar refractivity (Wildman–Crippen MR) is 77.6 cm³/mol. The molecule has 0 heterocycles. The Kier molecular flexibility index (Phi) is 5.50. The lowest BCUT2D eigenvalue weighted by Gasteiger charge is -2.08. The summed E-state index contributed by atoms with van der Waals surface area (Å²) in [7, 11) is -3.43. The Morgan fingerprint density at radius 3 is 2.60 bits per heavy atom. The minimum Gasteiger partial charge on any atom is -0.396 e. The zero-order valence-electron chi connectivity index (χ0n) is 11.5. The molecule has 1 aromatic rings. The van der Waals surface area contributed by atoms with E-state index in [4.69, 9.17) is 5.73 Å². The van der Waals surface area contributed by atoms with Gasteiger partial charge in [0.05, 0.1) is 11.4 Å². The Morgan fingerprint density at radius 2 is 2.05 bits per heavy atom. The number of carbonyl (C=O) groups is 1. The van der Waals surface area contributed by atoms with Crippen molar-refractivity contribution in [2.24, 2.45) is 5.92 Å². The lowest BCUT2D eigenvalue weighted by Crippen LogP contribution is -2.25. The first-order chi connectivity index (χ1) is 9.19. The number of benzene rings is 1. The fourth-order valence-electron chi connectivity index (χ4n) is 1.51. The number of nitrogens with two attached hydrogens (primary N) is 1. The van der Waals surface area contributed by atoms with Crippen LogP contribution in [0, 0.1) is 11.7 Å². The van der Waals surface area contributed by atoms with Crippen LogP contribution in [0.1, 0.15) is 20.3 Å². The summed E-state index contributed by atoms with van der Waals surface area (Å²) < 4.78 is 36.4. The quantitative estimate of drug-likeness (QED) is 0.784. The van der Waals surface area contributed by atoms with Gasteiger partial charge < -0.3 is 11.1 Å². The number of sulfone groups is 1. The van der Waals surface area contributed by atoms with Gasteiger partial charge in [-0.05, 0) is 30.5 Å². The van der Waals surface area contributed by atoms with Crippen LogP contribution in [-0.2, 0) is 14.6 Å². The maximum absolute atomic E-state index is 12.9. The molecule has 0 aliphatic rings. The Bertz CT molecular complexity index is 585. The molecule has 5 nitrogen and oxygen atoms in total. The van der Waals surface area contributed by atoms with E-state index in [0.717, 1.165) is 6.07 Å². The Hall–Kier alpha value is -1.63. The fourth-order valence-corrected chi connectivity index (χ4v) is 2.95. The smallest absolute Gasteiger partial charge is 0.239 e. The summed E-state index contributed by atoms with van der Waals surface area (Å²) in [5, 5.41) is 2.39. The maximum Gasteiger partial charge on any atom is 0.239 e. The third-order valence-electron chi connectivity index (χ3n) is 2.64. The second-order valence-corrected chi connectivity index (χ2v) is 7.24. The average molecular weight is 302 g/mol. The van der Waals surface area contributed by atoms with Crippen LogP contribution < -0.4 is 11.1 Å². The highest BCUT2D eigenvalue weighted by Gasteiger charge is 2.17. The van der Waals surface area contributed by atoms with Gasteiger partial charge in [-0.2, -0.15) is 0 Å². The molecule has 0 aliphatic heterocycles. The first-order valence-electron chi connectivity index (χ1n) is 6.25. The van der Waals surface area contributed by atoms with Gasteiger partial charge in [0.25, 0.3) is 0 Å². The Morgan fingerprint density at radius 1 is 1.40 bits per heavy atom. The van der Waals surface area contributed by atoms with Gasteiger partial charge in [0.15, 0.2) is 9.84 Å². The molecule has 0 aromatic heterocycles. The van der Waals surface area contributed by atoms with Crippen molar-refractivity contribution in [3.8, 4) is 0 Å². The SMILES string of the molecule is CC(C)CCS(=O)(=O)CC(=O)Nc1ccc(F)c(N)c1. The molecule has 112 valence electrons. The molecule has 0 fully saturated rings. The topological polar surface area (TPSA) is 89.3 Å². The predicted octanol–water partition coefficient (Wildman–Crippen LogP) is 1.81. The van der Waals surface area contributed by atoms with Crippen LogP contribution in [0.2, 0.25) is 0 Å². The molecule has 0 saturated heterocycles. The molecule has 0 aliphatic carbocycles. The van der Waals surface area contributed by atoms with E-state index in [1.54, 1.807) is 0 Å². The highest BCUT2D eigenvalue weighted by molar-refractivity contribution is 7.92. The molecule has 0 saturated carbocycles. The number of amides is 1. The minimum atomic E-state index is -3.43. The Labute approximate surface area is 118 Å². The zero-order valence-corrected chi connectivity index (χ0v) is 12.3. The first-order valence-corrected chi connectivity index (χ1v) is 8.07. The summed E-state index contributed by atoms with van der Waals surface area (Å²) >= 11 is 0. The molecular weight excluding hydrogens is 283 g/mol. The molecule has 1 aromatic carbocycles. The molecule has 0 spiro atoms. The van der Waals surface area contributed by atoms with Crippen LogP contribution in [0.25, 0.3) is 0 Å². The van der Waals surface area contributed by atoms with Crippen LogP contribution in [0.4, 0.5) is 15.8 Å². The van der Waals surface area contributed by atoms with Gasteiger partial charge in [0.2, 0.25) is 5.91 Å². The largest absolute Gasteiger partial charge is 0.396 e. The van der Waals surface area contributed by atoms with Gasteiger partial charge in [-0.1, -0.05) is 13.8 Å². The van der Waals surface area contributed by atoms with E-state index < -0.39 is 27.3 Å². The molecule has 0 atom stereocenters. The van der Waals surface area contributed by atoms with Gasteiger partial charge in [0.1, 0.15) is 11.6 Å². The zero-order chi connectivity index (χ0) is 15.3. The van der Waals surface area contributed by atoms with E-state index >= 15 is 0 Å². The number of halogens is 1. The second kappa shape index (κ2) is 6.69.